The lowest BCUT2D eigenvalue weighted by atomic mass is 9.99. The second-order valence-corrected chi connectivity index (χ2v) is 6.76. The van der Waals surface area contributed by atoms with Gasteiger partial charge in [-0.15, -0.1) is 0 Å². The number of nitrogens with zero attached hydrogens (tertiary/aromatic N) is 1. The molecular weight excluding hydrogens is 342 g/mol. The molecule has 1 aliphatic rings. The van der Waals surface area contributed by atoms with Crippen LogP contribution >= 0.6 is 0 Å². The fourth-order valence-electron chi connectivity index (χ4n) is 3.49. The van der Waals surface area contributed by atoms with E-state index in [9.17, 15) is 9.59 Å². The zero-order chi connectivity index (χ0) is 19.2. The van der Waals surface area contributed by atoms with Crippen LogP contribution in [-0.4, -0.2) is 36.5 Å². The van der Waals surface area contributed by atoms with Crippen molar-refractivity contribution in [3.8, 4) is 16.9 Å². The van der Waals surface area contributed by atoms with Crippen LogP contribution in [-0.2, 0) is 4.79 Å². The molecule has 0 spiro atoms. The van der Waals surface area contributed by atoms with Crippen molar-refractivity contribution in [2.75, 3.05) is 19.0 Å². The molecule has 1 fully saturated rings. The van der Waals surface area contributed by atoms with Crippen LogP contribution < -0.4 is 15.8 Å². The monoisotopic (exact) mass is 367 g/mol. The maximum absolute atomic E-state index is 12.8. The Bertz CT molecular complexity index is 822. The van der Waals surface area contributed by atoms with Crippen LogP contribution in [0.2, 0.25) is 0 Å². The van der Waals surface area contributed by atoms with Gasteiger partial charge < -0.3 is 20.7 Å². The lowest BCUT2D eigenvalue weighted by molar-refractivity contribution is -0.119. The van der Waals surface area contributed by atoms with E-state index in [1.807, 2.05) is 48.5 Å². The molecule has 1 unspecified atom stereocenters. The zero-order valence-electron chi connectivity index (χ0n) is 15.5. The molecule has 0 aromatic heterocycles. The number of carbonyl (C=O) groups is 2. The maximum atomic E-state index is 12.8. The highest BCUT2D eigenvalue weighted by Gasteiger charge is 2.27. The number of piperidine rings is 1. The summed E-state index contributed by atoms with van der Waals surface area (Å²) in [6.07, 6.45) is 2.96. The van der Waals surface area contributed by atoms with Gasteiger partial charge in [-0.05, 0) is 54.7 Å². The number of carbonyl (C=O) groups excluding carboxylic acids is 2. The number of hydrogen-bond donors (Lipinski definition) is 2. The van der Waals surface area contributed by atoms with Crippen molar-refractivity contribution in [1.82, 2.24) is 4.90 Å². The fraction of sp³-hybridized carbons (Fsp3) is 0.333. The van der Waals surface area contributed by atoms with Gasteiger partial charge in [-0.3, -0.25) is 4.79 Å². The van der Waals surface area contributed by atoms with Crippen molar-refractivity contribution < 1.29 is 14.3 Å². The summed E-state index contributed by atoms with van der Waals surface area (Å²) in [6, 6.07) is 15.1. The second-order valence-electron chi connectivity index (χ2n) is 6.76. The quantitative estimate of drug-likeness (QED) is 0.846. The number of primary amides is 1. The van der Waals surface area contributed by atoms with Crippen molar-refractivity contribution in [2.45, 2.75) is 31.7 Å². The minimum atomic E-state index is -0.375. The van der Waals surface area contributed by atoms with Crippen LogP contribution in [0.3, 0.4) is 0 Å². The first-order chi connectivity index (χ1) is 13.1. The third kappa shape index (κ3) is 4.78. The number of rotatable bonds is 5. The van der Waals surface area contributed by atoms with Crippen molar-refractivity contribution in [1.29, 1.82) is 0 Å². The summed E-state index contributed by atoms with van der Waals surface area (Å²) >= 11 is 0. The topological polar surface area (TPSA) is 84.7 Å². The third-order valence-corrected chi connectivity index (χ3v) is 4.84. The zero-order valence-corrected chi connectivity index (χ0v) is 15.5. The minimum absolute atomic E-state index is 0.127. The van der Waals surface area contributed by atoms with Gasteiger partial charge in [0, 0.05) is 24.7 Å². The molecule has 0 saturated carbocycles. The molecule has 1 aliphatic heterocycles. The number of benzene rings is 2. The Morgan fingerprint density at radius 1 is 1.15 bits per heavy atom. The van der Waals surface area contributed by atoms with E-state index in [0.717, 1.165) is 36.1 Å². The Labute approximate surface area is 159 Å². The van der Waals surface area contributed by atoms with Crippen molar-refractivity contribution in [3.05, 3.63) is 48.5 Å². The predicted octanol–water partition coefficient (Wildman–Crippen LogP) is 3.62. The predicted molar refractivity (Wildman–Crippen MR) is 106 cm³/mol. The molecule has 3 N–H and O–H groups in total. The Morgan fingerprint density at radius 3 is 2.63 bits per heavy atom. The highest BCUT2D eigenvalue weighted by Crippen LogP contribution is 2.27. The number of urea groups is 1. The largest absolute Gasteiger partial charge is 0.497 e. The van der Waals surface area contributed by atoms with Crippen LogP contribution in [0.5, 0.6) is 5.75 Å². The summed E-state index contributed by atoms with van der Waals surface area (Å²) in [4.78, 5) is 25.8. The molecular formula is C21H25N3O3. The van der Waals surface area contributed by atoms with Crippen LogP contribution in [0.15, 0.2) is 48.5 Å². The summed E-state index contributed by atoms with van der Waals surface area (Å²) < 4.78 is 5.28. The molecule has 142 valence electrons. The molecule has 1 atom stereocenters. The summed E-state index contributed by atoms with van der Waals surface area (Å²) in [6.45, 7) is 0.638. The number of nitrogens with two attached hydrogens (primary N) is 1. The van der Waals surface area contributed by atoms with E-state index in [-0.39, 0.29) is 24.4 Å². The Hall–Kier alpha value is -3.02. The average molecular weight is 367 g/mol. The third-order valence-electron chi connectivity index (χ3n) is 4.84. The average Bonchev–Trinajstić information content (AvgIpc) is 2.68. The number of anilines is 1. The van der Waals surface area contributed by atoms with Gasteiger partial charge in [-0.1, -0.05) is 24.3 Å². The molecule has 0 aliphatic carbocycles. The van der Waals surface area contributed by atoms with Gasteiger partial charge in [0.15, 0.2) is 0 Å². The van der Waals surface area contributed by atoms with Crippen molar-refractivity contribution >= 4 is 17.6 Å². The molecule has 3 amide bonds. The number of nitrogens with one attached hydrogen (secondary N) is 1. The molecule has 0 radical (unpaired) electrons. The lowest BCUT2D eigenvalue weighted by Gasteiger charge is -2.35. The van der Waals surface area contributed by atoms with Crippen LogP contribution in [0.25, 0.3) is 11.1 Å². The van der Waals surface area contributed by atoms with E-state index >= 15 is 0 Å². The van der Waals surface area contributed by atoms with E-state index in [0.29, 0.717) is 12.2 Å². The summed E-state index contributed by atoms with van der Waals surface area (Å²) in [5, 5.41) is 2.96. The number of amides is 3. The SMILES string of the molecule is COc1cccc(-c2cccc(NC(=O)N3CCCCC3CC(N)=O)c2)c1. The molecule has 6 heteroatoms. The van der Waals surface area contributed by atoms with Gasteiger partial charge >= 0.3 is 6.03 Å². The highest BCUT2D eigenvalue weighted by molar-refractivity contribution is 5.91. The van der Waals surface area contributed by atoms with Gasteiger partial charge in [0.1, 0.15) is 5.75 Å². The van der Waals surface area contributed by atoms with Crippen LogP contribution in [0.4, 0.5) is 10.5 Å². The molecule has 3 rings (SSSR count). The van der Waals surface area contributed by atoms with Crippen molar-refractivity contribution in [3.63, 3.8) is 0 Å². The van der Waals surface area contributed by atoms with Crippen molar-refractivity contribution in [2.24, 2.45) is 5.73 Å². The van der Waals surface area contributed by atoms with E-state index in [4.69, 9.17) is 10.5 Å². The Kier molecular flexibility index (Phi) is 5.96. The lowest BCUT2D eigenvalue weighted by Crippen LogP contribution is -2.47. The summed E-state index contributed by atoms with van der Waals surface area (Å²) in [7, 11) is 1.64. The van der Waals surface area contributed by atoms with E-state index in [1.54, 1.807) is 12.0 Å². The first kappa shape index (κ1) is 18.8. The van der Waals surface area contributed by atoms with E-state index < -0.39 is 0 Å². The van der Waals surface area contributed by atoms with Gasteiger partial charge in [-0.25, -0.2) is 4.79 Å². The Morgan fingerprint density at radius 2 is 1.89 bits per heavy atom. The standard InChI is InChI=1S/C21H25N3O3/c1-27-19-10-5-7-16(13-19)15-6-4-8-17(12-15)23-21(26)24-11-3-2-9-18(24)14-20(22)25/h4-8,10,12-13,18H,2-3,9,11,14H2,1H3,(H2,22,25)(H,23,26). The molecule has 27 heavy (non-hydrogen) atoms. The second kappa shape index (κ2) is 8.58. The molecule has 0 bridgehead atoms. The maximum Gasteiger partial charge on any atom is 0.322 e. The number of methoxy groups -OCH3 is 1. The van der Waals surface area contributed by atoms with Gasteiger partial charge in [0.2, 0.25) is 5.91 Å². The normalized spacial score (nSPS) is 16.6. The van der Waals surface area contributed by atoms with E-state index in [2.05, 4.69) is 5.32 Å². The first-order valence-electron chi connectivity index (χ1n) is 9.17. The highest BCUT2D eigenvalue weighted by atomic mass is 16.5. The number of likely N-dealkylation sites (tertiary alicyclic amines) is 1. The van der Waals surface area contributed by atoms with E-state index in [1.165, 1.54) is 0 Å². The smallest absolute Gasteiger partial charge is 0.322 e. The van der Waals surface area contributed by atoms with Gasteiger partial charge in [-0.2, -0.15) is 0 Å². The molecule has 1 heterocycles. The number of ether oxygens (including phenoxy) is 1. The molecule has 6 nitrogen and oxygen atoms in total. The summed E-state index contributed by atoms with van der Waals surface area (Å²) in [5.41, 5.74) is 8.04. The fourth-order valence-corrected chi connectivity index (χ4v) is 3.49. The Balaban J connectivity index is 1.75. The molecule has 2 aromatic carbocycles. The van der Waals surface area contributed by atoms with Gasteiger partial charge in [0.25, 0.3) is 0 Å². The molecule has 2 aromatic rings. The first-order valence-corrected chi connectivity index (χ1v) is 9.17. The van der Waals surface area contributed by atoms with Crippen LogP contribution in [0, 0.1) is 0 Å². The minimum Gasteiger partial charge on any atom is -0.497 e. The van der Waals surface area contributed by atoms with Gasteiger partial charge in [0.05, 0.1) is 7.11 Å². The summed E-state index contributed by atoms with van der Waals surface area (Å²) in [5.74, 6) is 0.407. The number of hydrogen-bond acceptors (Lipinski definition) is 3. The van der Waals surface area contributed by atoms with Crippen LogP contribution in [0.1, 0.15) is 25.7 Å². The molecule has 1 saturated heterocycles.